The lowest BCUT2D eigenvalue weighted by Gasteiger charge is -2.57. The van der Waals surface area contributed by atoms with Crippen LogP contribution in [0.25, 0.3) is 0 Å². The van der Waals surface area contributed by atoms with Crippen molar-refractivity contribution >= 4 is 17.5 Å². The van der Waals surface area contributed by atoms with Crippen LogP contribution in [-0.2, 0) is 9.59 Å². The first-order valence-electron chi connectivity index (χ1n) is 11.1. The van der Waals surface area contributed by atoms with Crippen molar-refractivity contribution in [2.75, 3.05) is 11.4 Å². The van der Waals surface area contributed by atoms with Gasteiger partial charge in [0.05, 0.1) is 18.2 Å². The smallest absolute Gasteiger partial charge is 0.251 e. The highest BCUT2D eigenvalue weighted by Crippen LogP contribution is 2.61. The number of nitrogens with zero attached hydrogens (tertiary/aromatic N) is 1. The molecule has 0 spiro atoms. The molecule has 4 bridgehead atoms. The van der Waals surface area contributed by atoms with E-state index in [9.17, 15) is 9.59 Å². The summed E-state index contributed by atoms with van der Waals surface area (Å²) in [5.74, 6) is 2.72. The van der Waals surface area contributed by atoms with Gasteiger partial charge in [-0.2, -0.15) is 0 Å². The lowest BCUT2D eigenvalue weighted by atomic mass is 9.49. The van der Waals surface area contributed by atoms with Crippen LogP contribution in [0.3, 0.4) is 0 Å². The van der Waals surface area contributed by atoms with Gasteiger partial charge in [-0.3, -0.25) is 9.59 Å². The van der Waals surface area contributed by atoms with Crippen molar-refractivity contribution in [1.82, 2.24) is 5.32 Å². The summed E-state index contributed by atoms with van der Waals surface area (Å²) in [4.78, 5) is 26.9. The van der Waals surface area contributed by atoms with E-state index in [0.717, 1.165) is 47.5 Å². The maximum Gasteiger partial charge on any atom is 0.251 e. The summed E-state index contributed by atoms with van der Waals surface area (Å²) in [6, 6.07) is 5.54. The summed E-state index contributed by atoms with van der Waals surface area (Å²) >= 11 is 0. The van der Waals surface area contributed by atoms with Gasteiger partial charge < -0.3 is 5.32 Å². The lowest BCUT2D eigenvalue weighted by molar-refractivity contribution is -0.121. The first-order chi connectivity index (χ1) is 13.4. The average molecular weight is 381 g/mol. The number of aryl methyl sites for hydroxylation is 2. The monoisotopic (exact) mass is 380 g/mol. The number of hydrogen-bond donors (Lipinski definition) is 1. The van der Waals surface area contributed by atoms with Gasteiger partial charge in [0.15, 0.2) is 0 Å². The molecule has 2 amide bonds. The molecule has 4 nitrogen and oxygen atoms in total. The Morgan fingerprint density at radius 2 is 1.68 bits per heavy atom. The second-order valence-electron chi connectivity index (χ2n) is 10.2. The normalized spacial score (nSPS) is 36.6. The minimum Gasteiger partial charge on any atom is -0.305 e. The van der Waals surface area contributed by atoms with Gasteiger partial charge >= 0.3 is 0 Å². The summed E-state index contributed by atoms with van der Waals surface area (Å²) < 4.78 is 0. The molecule has 1 atom stereocenters. The van der Waals surface area contributed by atoms with Crippen LogP contribution in [-0.4, -0.2) is 24.4 Å². The third-order valence-electron chi connectivity index (χ3n) is 7.95. The van der Waals surface area contributed by atoms with Gasteiger partial charge in [-0.05, 0) is 100 Å². The van der Waals surface area contributed by atoms with Gasteiger partial charge in [-0.15, -0.1) is 0 Å². The molecule has 1 aromatic rings. The first-order valence-corrected chi connectivity index (χ1v) is 11.1. The van der Waals surface area contributed by atoms with Gasteiger partial charge in [0.1, 0.15) is 0 Å². The zero-order valence-electron chi connectivity index (χ0n) is 17.2. The van der Waals surface area contributed by atoms with Crippen molar-refractivity contribution in [3.63, 3.8) is 0 Å². The van der Waals surface area contributed by atoms with Crippen molar-refractivity contribution < 1.29 is 9.59 Å². The number of hydrogen-bond acceptors (Lipinski definition) is 3. The molecule has 28 heavy (non-hydrogen) atoms. The highest BCUT2D eigenvalue weighted by atomic mass is 16.2. The Bertz CT molecular complexity index is 780. The van der Waals surface area contributed by atoms with Crippen molar-refractivity contribution in [3.05, 3.63) is 29.3 Å². The van der Waals surface area contributed by atoms with E-state index in [4.69, 9.17) is 0 Å². The molecule has 6 rings (SSSR count). The predicted octanol–water partition coefficient (Wildman–Crippen LogP) is 4.13. The summed E-state index contributed by atoms with van der Waals surface area (Å²) in [6.45, 7) is 4.85. The van der Waals surface area contributed by atoms with Crippen LogP contribution in [0.5, 0.6) is 0 Å². The summed E-state index contributed by atoms with van der Waals surface area (Å²) in [7, 11) is 0. The molecule has 1 heterocycles. The topological polar surface area (TPSA) is 49.4 Å². The van der Waals surface area contributed by atoms with Crippen molar-refractivity contribution in [1.29, 1.82) is 0 Å². The molecular weight excluding hydrogens is 348 g/mol. The van der Waals surface area contributed by atoms with E-state index < -0.39 is 0 Å². The Morgan fingerprint density at radius 1 is 1.04 bits per heavy atom. The molecule has 0 aromatic heterocycles. The Hall–Kier alpha value is -1.68. The Morgan fingerprint density at radius 3 is 2.29 bits per heavy atom. The number of imide groups is 1. The van der Waals surface area contributed by atoms with Gasteiger partial charge in [-0.25, -0.2) is 4.90 Å². The molecule has 1 saturated heterocycles. The molecule has 5 fully saturated rings. The quantitative estimate of drug-likeness (QED) is 0.782. The average Bonchev–Trinajstić information content (AvgIpc) is 2.88. The van der Waals surface area contributed by atoms with Gasteiger partial charge in [0.25, 0.3) is 5.91 Å². The number of benzene rings is 1. The molecule has 4 saturated carbocycles. The van der Waals surface area contributed by atoms with Crippen LogP contribution in [0.1, 0.15) is 62.5 Å². The minimum atomic E-state index is -0.359. The van der Waals surface area contributed by atoms with Gasteiger partial charge in [-0.1, -0.05) is 17.7 Å². The van der Waals surface area contributed by atoms with Crippen LogP contribution < -0.4 is 10.2 Å². The van der Waals surface area contributed by atoms with Crippen molar-refractivity contribution in [2.24, 2.45) is 23.2 Å². The number of anilines is 1. The van der Waals surface area contributed by atoms with Crippen LogP contribution in [0.15, 0.2) is 18.2 Å². The molecule has 1 aliphatic heterocycles. The summed E-state index contributed by atoms with van der Waals surface area (Å²) in [5.41, 5.74) is 3.38. The number of rotatable bonds is 5. The highest BCUT2D eigenvalue weighted by molar-refractivity contribution is 6.22. The molecule has 1 aromatic carbocycles. The van der Waals surface area contributed by atoms with Crippen molar-refractivity contribution in [3.8, 4) is 0 Å². The molecule has 1 unspecified atom stereocenters. The van der Waals surface area contributed by atoms with Crippen LogP contribution in [0, 0.1) is 37.0 Å². The third kappa shape index (κ3) is 3.10. The largest absolute Gasteiger partial charge is 0.305 e. The zero-order valence-corrected chi connectivity index (χ0v) is 17.2. The third-order valence-corrected chi connectivity index (χ3v) is 7.95. The van der Waals surface area contributed by atoms with E-state index in [1.807, 2.05) is 32.0 Å². The molecular formula is C24H32N2O2. The first kappa shape index (κ1) is 18.4. The van der Waals surface area contributed by atoms with Crippen LogP contribution in [0.2, 0.25) is 0 Å². The molecule has 0 radical (unpaired) electrons. The molecule has 1 N–H and O–H groups in total. The number of carbonyl (C=O) groups is 2. The number of nitrogens with one attached hydrogen (secondary N) is 1. The predicted molar refractivity (Wildman–Crippen MR) is 110 cm³/mol. The zero-order chi connectivity index (χ0) is 19.5. The van der Waals surface area contributed by atoms with E-state index in [-0.39, 0.29) is 24.3 Å². The second-order valence-corrected chi connectivity index (χ2v) is 10.2. The highest BCUT2D eigenvalue weighted by Gasteiger charge is 2.50. The Kier molecular flexibility index (Phi) is 4.38. The Balaban J connectivity index is 1.22. The standard InChI is InChI=1S/C24H32N2O2/c1-15-3-4-21(16(2)7-15)26-22(27)11-20(23(26)28)25-6-5-24-12-17-8-18(13-24)10-19(9-17)14-24/h3-4,7,17-20,25H,5-6,8-14H2,1-2H3. The fourth-order valence-corrected chi connectivity index (χ4v) is 7.21. The van der Waals surface area contributed by atoms with Crippen molar-refractivity contribution in [2.45, 2.75) is 71.3 Å². The number of carbonyl (C=O) groups excluding carboxylic acids is 2. The molecule has 5 aliphatic rings. The lowest BCUT2D eigenvalue weighted by Crippen LogP contribution is -2.48. The maximum atomic E-state index is 12.9. The summed E-state index contributed by atoms with van der Waals surface area (Å²) in [6.07, 6.45) is 10.0. The molecule has 150 valence electrons. The number of amides is 2. The Labute approximate surface area is 168 Å². The molecule has 4 aliphatic carbocycles. The van der Waals surface area contributed by atoms with E-state index in [0.29, 0.717) is 5.41 Å². The van der Waals surface area contributed by atoms with Crippen LogP contribution >= 0.6 is 0 Å². The van der Waals surface area contributed by atoms with E-state index in [1.54, 1.807) is 0 Å². The van der Waals surface area contributed by atoms with E-state index >= 15 is 0 Å². The van der Waals surface area contributed by atoms with E-state index in [2.05, 4.69) is 5.32 Å². The fraction of sp³-hybridized carbons (Fsp3) is 0.667. The molecule has 4 heteroatoms. The second kappa shape index (κ2) is 6.69. The SMILES string of the molecule is Cc1ccc(N2C(=O)CC(NCCC34CC5CC(CC(C5)C3)C4)C2=O)c(C)c1. The van der Waals surface area contributed by atoms with Gasteiger partial charge in [0, 0.05) is 0 Å². The van der Waals surface area contributed by atoms with Gasteiger partial charge in [0.2, 0.25) is 5.91 Å². The summed E-state index contributed by atoms with van der Waals surface area (Å²) in [5, 5.41) is 3.46. The van der Waals surface area contributed by atoms with E-state index in [1.165, 1.54) is 43.4 Å². The fourth-order valence-electron chi connectivity index (χ4n) is 7.21. The van der Waals surface area contributed by atoms with Crippen LogP contribution in [0.4, 0.5) is 5.69 Å². The minimum absolute atomic E-state index is 0.0794. The maximum absolute atomic E-state index is 12.9.